The van der Waals surface area contributed by atoms with E-state index in [0.717, 1.165) is 20.7 Å². The van der Waals surface area contributed by atoms with Gasteiger partial charge in [0.2, 0.25) is 0 Å². The van der Waals surface area contributed by atoms with Crippen molar-refractivity contribution >= 4 is 33.2 Å². The molecule has 0 fully saturated rings. The maximum Gasteiger partial charge on any atom is 0.320 e. The van der Waals surface area contributed by atoms with E-state index in [1.165, 1.54) is 0 Å². The molecule has 112 valence electrons. The van der Waals surface area contributed by atoms with Crippen LogP contribution in [0.4, 0.5) is 0 Å². The van der Waals surface area contributed by atoms with Gasteiger partial charge in [-0.2, -0.15) is 0 Å². The summed E-state index contributed by atoms with van der Waals surface area (Å²) in [5.74, 6) is -0.793. The van der Waals surface area contributed by atoms with Crippen LogP contribution >= 0.6 is 27.3 Å². The highest BCUT2D eigenvalue weighted by atomic mass is 79.9. The molecule has 2 rings (SSSR count). The number of rotatable bonds is 6. The summed E-state index contributed by atoms with van der Waals surface area (Å²) in [5, 5.41) is 15.1. The SMILES string of the molecule is CC(C)[C@H](NCc1csc(-c2cccc(Br)c2)n1)C(=O)O. The number of carbonyl (C=O) groups is 1. The number of carboxylic acid groups (broad SMARTS) is 1. The summed E-state index contributed by atoms with van der Waals surface area (Å²) in [5.41, 5.74) is 1.92. The largest absolute Gasteiger partial charge is 0.480 e. The summed E-state index contributed by atoms with van der Waals surface area (Å²) >= 11 is 5.01. The fourth-order valence-electron chi connectivity index (χ4n) is 1.96. The molecule has 0 aliphatic carbocycles. The summed E-state index contributed by atoms with van der Waals surface area (Å²) in [7, 11) is 0. The molecule has 0 aliphatic rings. The standard InChI is InChI=1S/C15H17BrN2O2S/c1-9(2)13(15(19)20)17-7-12-8-21-14(18-12)10-4-3-5-11(16)6-10/h3-6,8-9,13,17H,7H2,1-2H3,(H,19,20)/t13-/m0/s1. The van der Waals surface area contributed by atoms with Crippen LogP contribution in [-0.4, -0.2) is 22.1 Å². The predicted octanol–water partition coefficient (Wildman–Crippen LogP) is 3.77. The molecule has 0 saturated carbocycles. The normalized spacial score (nSPS) is 12.6. The fourth-order valence-corrected chi connectivity index (χ4v) is 3.18. The second kappa shape index (κ2) is 7.15. The van der Waals surface area contributed by atoms with Crippen molar-refractivity contribution in [3.05, 3.63) is 39.8 Å². The Morgan fingerprint density at radius 2 is 2.24 bits per heavy atom. The molecule has 2 N–H and O–H groups in total. The Bertz CT molecular complexity index is 628. The van der Waals surface area contributed by atoms with E-state index in [-0.39, 0.29) is 5.92 Å². The van der Waals surface area contributed by atoms with Crippen molar-refractivity contribution in [2.24, 2.45) is 5.92 Å². The molecule has 1 atom stereocenters. The molecule has 0 aliphatic heterocycles. The average molecular weight is 369 g/mol. The van der Waals surface area contributed by atoms with Crippen molar-refractivity contribution in [3.63, 3.8) is 0 Å². The van der Waals surface area contributed by atoms with Gasteiger partial charge in [-0.15, -0.1) is 11.3 Å². The van der Waals surface area contributed by atoms with Crippen molar-refractivity contribution in [2.45, 2.75) is 26.4 Å². The third-order valence-corrected chi connectivity index (χ3v) is 4.49. The lowest BCUT2D eigenvalue weighted by molar-refractivity contribution is -0.140. The van der Waals surface area contributed by atoms with E-state index in [4.69, 9.17) is 5.11 Å². The van der Waals surface area contributed by atoms with Crippen molar-refractivity contribution < 1.29 is 9.90 Å². The van der Waals surface area contributed by atoms with Crippen LogP contribution < -0.4 is 5.32 Å². The minimum Gasteiger partial charge on any atom is -0.480 e. The lowest BCUT2D eigenvalue weighted by atomic mass is 10.1. The second-order valence-electron chi connectivity index (χ2n) is 5.10. The second-order valence-corrected chi connectivity index (χ2v) is 6.87. The molecule has 0 amide bonds. The van der Waals surface area contributed by atoms with Gasteiger partial charge in [0, 0.05) is 22.0 Å². The lowest BCUT2D eigenvalue weighted by Gasteiger charge is -2.16. The molecule has 0 unspecified atom stereocenters. The van der Waals surface area contributed by atoms with Crippen molar-refractivity contribution in [1.82, 2.24) is 10.3 Å². The Morgan fingerprint density at radius 3 is 2.86 bits per heavy atom. The predicted molar refractivity (Wildman–Crippen MR) is 88.4 cm³/mol. The molecule has 2 aromatic rings. The van der Waals surface area contributed by atoms with Gasteiger partial charge in [0.05, 0.1) is 5.69 Å². The number of thiazole rings is 1. The first-order chi connectivity index (χ1) is 9.97. The summed E-state index contributed by atoms with van der Waals surface area (Å²) < 4.78 is 1.01. The molecule has 0 bridgehead atoms. The van der Waals surface area contributed by atoms with Crippen molar-refractivity contribution in [1.29, 1.82) is 0 Å². The summed E-state index contributed by atoms with van der Waals surface area (Å²) in [4.78, 5) is 15.7. The van der Waals surface area contributed by atoms with Gasteiger partial charge >= 0.3 is 5.97 Å². The molecule has 0 spiro atoms. The number of aliphatic carboxylic acids is 1. The first-order valence-corrected chi connectivity index (χ1v) is 8.31. The maximum atomic E-state index is 11.1. The van der Waals surface area contributed by atoms with Gasteiger partial charge in [0.1, 0.15) is 11.0 Å². The molecule has 0 saturated heterocycles. The van der Waals surface area contributed by atoms with Crippen molar-refractivity contribution in [2.75, 3.05) is 0 Å². The number of nitrogens with zero attached hydrogens (tertiary/aromatic N) is 1. The molecule has 1 heterocycles. The highest BCUT2D eigenvalue weighted by Crippen LogP contribution is 2.26. The van der Waals surface area contributed by atoms with Crippen LogP contribution in [0.15, 0.2) is 34.1 Å². The smallest absolute Gasteiger partial charge is 0.320 e. The number of carboxylic acids is 1. The summed E-state index contributed by atoms with van der Waals surface area (Å²) in [6, 6.07) is 7.41. The number of halogens is 1. The molecule has 6 heteroatoms. The zero-order chi connectivity index (χ0) is 15.4. The first kappa shape index (κ1) is 16.1. The zero-order valence-electron chi connectivity index (χ0n) is 11.8. The van der Waals surface area contributed by atoms with Crippen LogP contribution in [0, 0.1) is 5.92 Å². The van der Waals surface area contributed by atoms with Crippen LogP contribution in [-0.2, 0) is 11.3 Å². The van der Waals surface area contributed by atoms with Gasteiger partial charge in [-0.25, -0.2) is 4.98 Å². The molecular formula is C15H17BrN2O2S. The van der Waals surface area contributed by atoms with E-state index < -0.39 is 12.0 Å². The van der Waals surface area contributed by atoms with Gasteiger partial charge in [0.25, 0.3) is 0 Å². The first-order valence-electron chi connectivity index (χ1n) is 6.64. The molecular weight excluding hydrogens is 352 g/mol. The Labute approximate surface area is 136 Å². The van der Waals surface area contributed by atoms with Crippen molar-refractivity contribution in [3.8, 4) is 10.6 Å². The highest BCUT2D eigenvalue weighted by molar-refractivity contribution is 9.10. The number of benzene rings is 1. The molecule has 0 radical (unpaired) electrons. The zero-order valence-corrected chi connectivity index (χ0v) is 14.2. The van der Waals surface area contributed by atoms with Crippen LogP contribution in [0.25, 0.3) is 10.6 Å². The van der Waals surface area contributed by atoms with Gasteiger partial charge < -0.3 is 5.11 Å². The van der Waals surface area contributed by atoms with Crippen LogP contribution in [0.2, 0.25) is 0 Å². The Balaban J connectivity index is 2.05. The van der Waals surface area contributed by atoms with E-state index in [1.54, 1.807) is 11.3 Å². The number of hydrogen-bond donors (Lipinski definition) is 2. The average Bonchev–Trinajstić information content (AvgIpc) is 2.87. The van der Waals surface area contributed by atoms with Crippen LogP contribution in [0.3, 0.4) is 0 Å². The number of hydrogen-bond acceptors (Lipinski definition) is 4. The Kier molecular flexibility index (Phi) is 5.50. The molecule has 1 aromatic carbocycles. The third kappa shape index (κ3) is 4.36. The molecule has 21 heavy (non-hydrogen) atoms. The Hall–Kier alpha value is -1.24. The van der Waals surface area contributed by atoms with E-state index in [9.17, 15) is 4.79 Å². The topological polar surface area (TPSA) is 62.2 Å². The monoisotopic (exact) mass is 368 g/mol. The molecule has 1 aromatic heterocycles. The number of nitrogens with one attached hydrogen (secondary N) is 1. The summed E-state index contributed by atoms with van der Waals surface area (Å²) in [6.45, 7) is 4.24. The lowest BCUT2D eigenvalue weighted by Crippen LogP contribution is -2.40. The summed E-state index contributed by atoms with van der Waals surface area (Å²) in [6.07, 6.45) is 0. The van der Waals surface area contributed by atoms with Gasteiger partial charge in [-0.1, -0.05) is 41.9 Å². The van der Waals surface area contributed by atoms with E-state index >= 15 is 0 Å². The Morgan fingerprint density at radius 1 is 1.48 bits per heavy atom. The fraction of sp³-hybridized carbons (Fsp3) is 0.333. The van der Waals surface area contributed by atoms with Gasteiger partial charge in [-0.05, 0) is 18.1 Å². The quantitative estimate of drug-likeness (QED) is 0.814. The molecule has 4 nitrogen and oxygen atoms in total. The maximum absolute atomic E-state index is 11.1. The van der Waals surface area contributed by atoms with E-state index in [0.29, 0.717) is 6.54 Å². The van der Waals surface area contributed by atoms with E-state index in [2.05, 4.69) is 26.2 Å². The van der Waals surface area contributed by atoms with Gasteiger partial charge in [0.15, 0.2) is 0 Å². The minimum atomic E-state index is -0.826. The minimum absolute atomic E-state index is 0.0330. The van der Waals surface area contributed by atoms with Crippen LogP contribution in [0.1, 0.15) is 19.5 Å². The highest BCUT2D eigenvalue weighted by Gasteiger charge is 2.20. The van der Waals surface area contributed by atoms with Crippen LogP contribution in [0.5, 0.6) is 0 Å². The van der Waals surface area contributed by atoms with Gasteiger partial charge in [-0.3, -0.25) is 10.1 Å². The van der Waals surface area contributed by atoms with E-state index in [1.807, 2.05) is 43.5 Å². The number of aromatic nitrogens is 1. The third-order valence-electron chi connectivity index (χ3n) is 3.06.